The van der Waals surface area contributed by atoms with Gasteiger partial charge in [-0.05, 0) is 31.2 Å². The minimum atomic E-state index is -1.02. The number of rotatable bonds is 5. The van der Waals surface area contributed by atoms with E-state index in [1.165, 1.54) is 12.1 Å². The molecule has 5 nitrogen and oxygen atoms in total. The Labute approximate surface area is 99.6 Å². The molecule has 1 aromatic rings. The van der Waals surface area contributed by atoms with Gasteiger partial charge in [0, 0.05) is 11.6 Å². The normalized spacial score (nSPS) is 11.9. The quantitative estimate of drug-likeness (QED) is 0.718. The van der Waals surface area contributed by atoms with Gasteiger partial charge in [-0.2, -0.15) is 0 Å². The number of carboxylic acids is 1. The molecule has 0 bridgehead atoms. The molecular formula is C12H16N2O3. The number of nitrogens with one attached hydrogen (secondary N) is 1. The van der Waals surface area contributed by atoms with E-state index in [2.05, 4.69) is 5.32 Å². The minimum absolute atomic E-state index is 0.147. The number of amides is 1. The Morgan fingerprint density at radius 1 is 1.47 bits per heavy atom. The Hall–Kier alpha value is -1.88. The summed E-state index contributed by atoms with van der Waals surface area (Å²) in [6, 6.07) is 6.14. The number of benzene rings is 1. The van der Waals surface area contributed by atoms with E-state index in [1.807, 2.05) is 0 Å². The third kappa shape index (κ3) is 3.88. The lowest BCUT2D eigenvalue weighted by Gasteiger charge is -2.11. The standard InChI is InChI=1S/C12H16N2O3/c1-8(5-6-13)11(15)14-10-4-2-3-9(7-10)12(16)17/h2-4,7-8H,5-6,13H2,1H3,(H,14,15)(H,16,17). The van der Waals surface area contributed by atoms with Crippen LogP contribution < -0.4 is 11.1 Å². The fourth-order valence-electron chi connectivity index (χ4n) is 1.38. The summed E-state index contributed by atoms with van der Waals surface area (Å²) in [5.74, 6) is -1.36. The van der Waals surface area contributed by atoms with Crippen LogP contribution in [0.5, 0.6) is 0 Å². The van der Waals surface area contributed by atoms with Gasteiger partial charge in [0.25, 0.3) is 0 Å². The fourth-order valence-corrected chi connectivity index (χ4v) is 1.38. The maximum Gasteiger partial charge on any atom is 0.335 e. The van der Waals surface area contributed by atoms with Crippen molar-refractivity contribution in [2.75, 3.05) is 11.9 Å². The van der Waals surface area contributed by atoms with Gasteiger partial charge in [0.1, 0.15) is 0 Å². The van der Waals surface area contributed by atoms with E-state index in [9.17, 15) is 9.59 Å². The van der Waals surface area contributed by atoms with Crippen molar-refractivity contribution in [3.63, 3.8) is 0 Å². The first-order chi connectivity index (χ1) is 8.04. The average molecular weight is 236 g/mol. The molecule has 0 aliphatic heterocycles. The van der Waals surface area contributed by atoms with Crippen LogP contribution in [0.25, 0.3) is 0 Å². The molecule has 0 radical (unpaired) electrons. The molecule has 0 aromatic heterocycles. The molecule has 0 fully saturated rings. The lowest BCUT2D eigenvalue weighted by Crippen LogP contribution is -2.22. The highest BCUT2D eigenvalue weighted by Gasteiger charge is 2.12. The highest BCUT2D eigenvalue weighted by Crippen LogP contribution is 2.12. The van der Waals surface area contributed by atoms with Crippen molar-refractivity contribution in [3.05, 3.63) is 29.8 Å². The van der Waals surface area contributed by atoms with Crippen molar-refractivity contribution < 1.29 is 14.7 Å². The van der Waals surface area contributed by atoms with E-state index in [0.29, 0.717) is 18.7 Å². The maximum absolute atomic E-state index is 11.7. The molecule has 0 aliphatic rings. The Balaban J connectivity index is 2.71. The molecule has 0 saturated heterocycles. The van der Waals surface area contributed by atoms with Crippen molar-refractivity contribution in [2.24, 2.45) is 11.7 Å². The number of hydrogen-bond donors (Lipinski definition) is 3. The van der Waals surface area contributed by atoms with Crippen molar-refractivity contribution in [1.82, 2.24) is 0 Å². The van der Waals surface area contributed by atoms with Crippen LogP contribution in [-0.4, -0.2) is 23.5 Å². The molecule has 1 unspecified atom stereocenters. The lowest BCUT2D eigenvalue weighted by atomic mass is 10.1. The highest BCUT2D eigenvalue weighted by atomic mass is 16.4. The maximum atomic E-state index is 11.7. The van der Waals surface area contributed by atoms with Crippen LogP contribution in [0, 0.1) is 5.92 Å². The predicted octanol–water partition coefficient (Wildman–Crippen LogP) is 1.31. The molecule has 1 amide bonds. The second-order valence-corrected chi connectivity index (χ2v) is 3.85. The molecule has 17 heavy (non-hydrogen) atoms. The summed E-state index contributed by atoms with van der Waals surface area (Å²) in [6.45, 7) is 2.23. The number of carbonyl (C=O) groups is 2. The second kappa shape index (κ2) is 6.00. The van der Waals surface area contributed by atoms with Gasteiger partial charge in [-0.1, -0.05) is 13.0 Å². The molecule has 0 heterocycles. The smallest absolute Gasteiger partial charge is 0.335 e. The third-order valence-corrected chi connectivity index (χ3v) is 2.42. The zero-order valence-corrected chi connectivity index (χ0v) is 9.64. The molecule has 0 spiro atoms. The van der Waals surface area contributed by atoms with Crippen LogP contribution in [0.15, 0.2) is 24.3 Å². The van der Waals surface area contributed by atoms with E-state index >= 15 is 0 Å². The van der Waals surface area contributed by atoms with E-state index in [4.69, 9.17) is 10.8 Å². The first kappa shape index (κ1) is 13.2. The van der Waals surface area contributed by atoms with Gasteiger partial charge in [-0.15, -0.1) is 0 Å². The summed E-state index contributed by atoms with van der Waals surface area (Å²) in [7, 11) is 0. The van der Waals surface area contributed by atoms with Crippen molar-refractivity contribution in [1.29, 1.82) is 0 Å². The minimum Gasteiger partial charge on any atom is -0.478 e. The Morgan fingerprint density at radius 3 is 2.76 bits per heavy atom. The van der Waals surface area contributed by atoms with Crippen LogP contribution >= 0.6 is 0 Å². The van der Waals surface area contributed by atoms with E-state index < -0.39 is 5.97 Å². The van der Waals surface area contributed by atoms with Gasteiger partial charge in [0.2, 0.25) is 5.91 Å². The summed E-state index contributed by atoms with van der Waals surface area (Å²) in [6.07, 6.45) is 0.602. The molecule has 1 aromatic carbocycles. The average Bonchev–Trinajstić information content (AvgIpc) is 2.29. The summed E-state index contributed by atoms with van der Waals surface area (Å²) >= 11 is 0. The van der Waals surface area contributed by atoms with Crippen LogP contribution in [0.2, 0.25) is 0 Å². The number of carboxylic acid groups (broad SMARTS) is 1. The van der Waals surface area contributed by atoms with Crippen LogP contribution in [0.4, 0.5) is 5.69 Å². The summed E-state index contributed by atoms with van der Waals surface area (Å²) < 4.78 is 0. The molecule has 5 heteroatoms. The van der Waals surface area contributed by atoms with Gasteiger partial charge in [-0.25, -0.2) is 4.79 Å². The second-order valence-electron chi connectivity index (χ2n) is 3.85. The topological polar surface area (TPSA) is 92.4 Å². The molecule has 92 valence electrons. The number of anilines is 1. The van der Waals surface area contributed by atoms with E-state index in [1.54, 1.807) is 19.1 Å². The van der Waals surface area contributed by atoms with Gasteiger partial charge in [0.15, 0.2) is 0 Å². The summed E-state index contributed by atoms with van der Waals surface area (Å²) in [5.41, 5.74) is 6.00. The first-order valence-corrected chi connectivity index (χ1v) is 5.39. The van der Waals surface area contributed by atoms with E-state index in [-0.39, 0.29) is 17.4 Å². The zero-order chi connectivity index (χ0) is 12.8. The van der Waals surface area contributed by atoms with Gasteiger partial charge in [0.05, 0.1) is 5.56 Å². The number of aromatic carboxylic acids is 1. The number of carbonyl (C=O) groups excluding carboxylic acids is 1. The number of hydrogen-bond acceptors (Lipinski definition) is 3. The predicted molar refractivity (Wildman–Crippen MR) is 64.9 cm³/mol. The molecular weight excluding hydrogens is 220 g/mol. The van der Waals surface area contributed by atoms with Gasteiger partial charge in [-0.3, -0.25) is 4.79 Å². The monoisotopic (exact) mass is 236 g/mol. The van der Waals surface area contributed by atoms with Crippen LogP contribution in [-0.2, 0) is 4.79 Å². The SMILES string of the molecule is CC(CCN)C(=O)Nc1cccc(C(=O)O)c1. The zero-order valence-electron chi connectivity index (χ0n) is 9.64. The Morgan fingerprint density at radius 2 is 2.18 bits per heavy atom. The molecule has 0 saturated carbocycles. The van der Waals surface area contributed by atoms with Crippen molar-refractivity contribution in [3.8, 4) is 0 Å². The lowest BCUT2D eigenvalue weighted by molar-refractivity contribution is -0.119. The third-order valence-electron chi connectivity index (χ3n) is 2.42. The molecule has 4 N–H and O–H groups in total. The Kier molecular flexibility index (Phi) is 4.66. The highest BCUT2D eigenvalue weighted by molar-refractivity contribution is 5.94. The molecule has 1 atom stereocenters. The van der Waals surface area contributed by atoms with Gasteiger partial charge < -0.3 is 16.2 Å². The van der Waals surface area contributed by atoms with Crippen molar-refractivity contribution in [2.45, 2.75) is 13.3 Å². The summed E-state index contributed by atoms with van der Waals surface area (Å²) in [5, 5.41) is 11.5. The fraction of sp³-hybridized carbons (Fsp3) is 0.333. The van der Waals surface area contributed by atoms with E-state index in [0.717, 1.165) is 0 Å². The number of nitrogens with two attached hydrogens (primary N) is 1. The van der Waals surface area contributed by atoms with Gasteiger partial charge >= 0.3 is 5.97 Å². The van der Waals surface area contributed by atoms with Crippen molar-refractivity contribution >= 4 is 17.6 Å². The molecule has 0 aliphatic carbocycles. The first-order valence-electron chi connectivity index (χ1n) is 5.39. The largest absolute Gasteiger partial charge is 0.478 e. The summed E-state index contributed by atoms with van der Waals surface area (Å²) in [4.78, 5) is 22.4. The molecule has 1 rings (SSSR count). The van der Waals surface area contributed by atoms with Crippen LogP contribution in [0.3, 0.4) is 0 Å². The van der Waals surface area contributed by atoms with Crippen LogP contribution in [0.1, 0.15) is 23.7 Å². The Bertz CT molecular complexity index is 418.